The number of allylic oxidation sites excluding steroid dienone is 1. The molecule has 0 radical (unpaired) electrons. The van der Waals surface area contributed by atoms with Crippen LogP contribution in [0.15, 0.2) is 78.2 Å². The summed E-state index contributed by atoms with van der Waals surface area (Å²) in [6.45, 7) is 12.2. The first-order valence-electron chi connectivity index (χ1n) is 14.9. The summed E-state index contributed by atoms with van der Waals surface area (Å²) in [6, 6.07) is 12.9. The number of nitrogens with zero attached hydrogens (tertiary/aromatic N) is 1. The van der Waals surface area contributed by atoms with Crippen LogP contribution >= 0.6 is 0 Å². The number of rotatable bonds is 13. The Bertz CT molecular complexity index is 1650. The van der Waals surface area contributed by atoms with Crippen molar-refractivity contribution in [2.45, 2.75) is 53.0 Å². The number of halogens is 1. The van der Waals surface area contributed by atoms with Crippen molar-refractivity contribution in [3.05, 3.63) is 95.1 Å². The third-order valence-electron chi connectivity index (χ3n) is 8.00. The lowest BCUT2D eigenvalue weighted by Gasteiger charge is -2.33. The van der Waals surface area contributed by atoms with Gasteiger partial charge in [-0.3, -0.25) is 14.5 Å². The largest absolute Gasteiger partial charge is 0.506 e. The van der Waals surface area contributed by atoms with Crippen LogP contribution in [0.5, 0.6) is 23.0 Å². The van der Waals surface area contributed by atoms with Gasteiger partial charge < -0.3 is 29.4 Å². The Labute approximate surface area is 269 Å². The number of phenolic OH excluding ortho intramolecular Hbond substituents is 1. The van der Waals surface area contributed by atoms with E-state index in [1.807, 2.05) is 20.8 Å². The fourth-order valence-electron chi connectivity index (χ4n) is 5.27. The number of anilines is 2. The maximum atomic E-state index is 16.3. The molecule has 0 saturated heterocycles. The predicted molar refractivity (Wildman–Crippen MR) is 175 cm³/mol. The molecule has 0 saturated carbocycles. The molecule has 46 heavy (non-hydrogen) atoms. The van der Waals surface area contributed by atoms with Gasteiger partial charge in [-0.2, -0.15) is 0 Å². The highest BCUT2D eigenvalue weighted by atomic mass is 19.1. The van der Waals surface area contributed by atoms with Crippen molar-refractivity contribution in [1.82, 2.24) is 0 Å². The van der Waals surface area contributed by atoms with Crippen LogP contribution in [0.3, 0.4) is 0 Å². The SMILES string of the molecule is C=C(C)COc1ccc(C2C(OC=O)=C(CC(C)(C)CC)Nc3c(O)cccc3N2C(=O)Cc2cc(OC)ccc2OC)c(F)c1. The second-order valence-electron chi connectivity index (χ2n) is 12.0. The molecule has 10 heteroatoms. The predicted octanol–water partition coefficient (Wildman–Crippen LogP) is 7.46. The Morgan fingerprint density at radius 3 is 2.48 bits per heavy atom. The zero-order chi connectivity index (χ0) is 33.6. The van der Waals surface area contributed by atoms with Crippen molar-refractivity contribution in [3.8, 4) is 23.0 Å². The van der Waals surface area contributed by atoms with Crippen LogP contribution in [0.25, 0.3) is 0 Å². The van der Waals surface area contributed by atoms with Gasteiger partial charge in [0.25, 0.3) is 6.47 Å². The van der Waals surface area contributed by atoms with E-state index in [1.165, 1.54) is 37.3 Å². The summed E-state index contributed by atoms with van der Waals surface area (Å²) in [5, 5.41) is 14.4. The molecule has 1 unspecified atom stereocenters. The van der Waals surface area contributed by atoms with E-state index < -0.39 is 17.8 Å². The molecule has 1 aliphatic rings. The average molecular weight is 633 g/mol. The number of aromatic hydroxyl groups is 1. The van der Waals surface area contributed by atoms with E-state index in [0.717, 1.165) is 12.0 Å². The van der Waals surface area contributed by atoms with Gasteiger partial charge in [-0.25, -0.2) is 4.39 Å². The van der Waals surface area contributed by atoms with Crippen molar-refractivity contribution >= 4 is 23.8 Å². The highest BCUT2D eigenvalue weighted by Crippen LogP contribution is 2.48. The monoisotopic (exact) mass is 632 g/mol. The molecule has 0 fully saturated rings. The highest BCUT2D eigenvalue weighted by Gasteiger charge is 2.40. The zero-order valence-electron chi connectivity index (χ0n) is 27.1. The van der Waals surface area contributed by atoms with Gasteiger partial charge in [0.1, 0.15) is 47.2 Å². The quantitative estimate of drug-likeness (QED) is 0.114. The van der Waals surface area contributed by atoms with Crippen LogP contribution in [0.2, 0.25) is 0 Å². The van der Waals surface area contributed by atoms with Crippen molar-refractivity contribution in [2.75, 3.05) is 31.0 Å². The van der Waals surface area contributed by atoms with Gasteiger partial charge in [-0.05, 0) is 66.8 Å². The third kappa shape index (κ3) is 7.44. The number of phenols is 1. The summed E-state index contributed by atoms with van der Waals surface area (Å²) in [7, 11) is 3.01. The van der Waals surface area contributed by atoms with Gasteiger partial charge in [-0.15, -0.1) is 0 Å². The summed E-state index contributed by atoms with van der Waals surface area (Å²) in [5.41, 5.74) is 1.91. The molecule has 1 aliphatic heterocycles. The minimum absolute atomic E-state index is 0.0209. The first kappa shape index (κ1) is 33.9. The number of carbonyl (C=O) groups excluding carboxylic acids is 2. The number of amides is 1. The molecule has 1 heterocycles. The lowest BCUT2D eigenvalue weighted by molar-refractivity contribution is -0.126. The molecule has 1 amide bonds. The number of fused-ring (bicyclic) bond motifs is 1. The van der Waals surface area contributed by atoms with Crippen LogP contribution in [-0.4, -0.2) is 38.3 Å². The molecular formula is C36H41FN2O7. The first-order valence-corrected chi connectivity index (χ1v) is 14.9. The van der Waals surface area contributed by atoms with Gasteiger partial charge in [0, 0.05) is 17.2 Å². The Hall–Kier alpha value is -4.99. The van der Waals surface area contributed by atoms with E-state index in [0.29, 0.717) is 29.2 Å². The van der Waals surface area contributed by atoms with E-state index >= 15 is 4.39 Å². The second kappa shape index (κ2) is 14.4. The average Bonchev–Trinajstić information content (AvgIpc) is 3.15. The van der Waals surface area contributed by atoms with Gasteiger partial charge in [0.2, 0.25) is 5.91 Å². The van der Waals surface area contributed by atoms with E-state index in [9.17, 15) is 14.7 Å². The summed E-state index contributed by atoms with van der Waals surface area (Å²) in [6.07, 6.45) is 0.911. The van der Waals surface area contributed by atoms with Crippen LogP contribution < -0.4 is 24.4 Å². The summed E-state index contributed by atoms with van der Waals surface area (Å²) >= 11 is 0. The Balaban J connectivity index is 2.00. The van der Waals surface area contributed by atoms with E-state index in [1.54, 1.807) is 43.3 Å². The summed E-state index contributed by atoms with van der Waals surface area (Å²) in [4.78, 5) is 28.0. The minimum atomic E-state index is -1.26. The molecular weight excluding hydrogens is 591 g/mol. The van der Waals surface area contributed by atoms with Gasteiger partial charge in [0.15, 0.2) is 5.76 Å². The summed E-state index contributed by atoms with van der Waals surface area (Å²) in [5.74, 6) is -0.0711. The molecule has 0 bridgehead atoms. The molecule has 4 rings (SSSR count). The van der Waals surface area contributed by atoms with Crippen molar-refractivity contribution in [3.63, 3.8) is 0 Å². The Morgan fingerprint density at radius 2 is 1.85 bits per heavy atom. The molecule has 9 nitrogen and oxygen atoms in total. The number of carbonyl (C=O) groups is 2. The van der Waals surface area contributed by atoms with Crippen LogP contribution in [0, 0.1) is 11.2 Å². The Morgan fingerprint density at radius 1 is 1.11 bits per heavy atom. The van der Waals surface area contributed by atoms with Crippen LogP contribution in [0.1, 0.15) is 57.7 Å². The topological polar surface area (TPSA) is 107 Å². The van der Waals surface area contributed by atoms with Gasteiger partial charge >= 0.3 is 0 Å². The molecule has 0 aromatic heterocycles. The number of methoxy groups -OCH3 is 2. The van der Waals surface area contributed by atoms with Crippen molar-refractivity contribution in [2.24, 2.45) is 5.41 Å². The number of ether oxygens (including phenoxy) is 4. The summed E-state index contributed by atoms with van der Waals surface area (Å²) < 4.78 is 38.5. The van der Waals surface area contributed by atoms with Crippen molar-refractivity contribution < 1.29 is 38.0 Å². The zero-order valence-corrected chi connectivity index (χ0v) is 27.1. The number of nitrogens with one attached hydrogen (secondary N) is 1. The molecule has 0 spiro atoms. The van der Waals surface area contributed by atoms with Gasteiger partial charge in [-0.1, -0.05) is 39.8 Å². The Kier molecular flexibility index (Phi) is 10.6. The molecule has 0 aliphatic carbocycles. The molecule has 244 valence electrons. The number of hydrogen-bond acceptors (Lipinski definition) is 8. The smallest absolute Gasteiger partial charge is 0.298 e. The normalized spacial score (nSPS) is 14.5. The van der Waals surface area contributed by atoms with E-state index in [-0.39, 0.29) is 59.1 Å². The number of hydrogen-bond donors (Lipinski definition) is 2. The minimum Gasteiger partial charge on any atom is -0.506 e. The second-order valence-corrected chi connectivity index (χ2v) is 12.0. The lowest BCUT2D eigenvalue weighted by Crippen LogP contribution is -2.38. The van der Waals surface area contributed by atoms with E-state index in [2.05, 4.69) is 11.9 Å². The van der Waals surface area contributed by atoms with Crippen LogP contribution in [0.4, 0.5) is 15.8 Å². The number of benzene rings is 3. The number of para-hydroxylation sites is 1. The van der Waals surface area contributed by atoms with E-state index in [4.69, 9.17) is 18.9 Å². The highest BCUT2D eigenvalue weighted by molar-refractivity contribution is 6.01. The maximum absolute atomic E-state index is 16.3. The lowest BCUT2D eigenvalue weighted by atomic mass is 9.84. The molecule has 1 atom stereocenters. The maximum Gasteiger partial charge on any atom is 0.298 e. The standard InChI is InChI=1S/C36H41FN2O7/c1-8-36(4,5)19-28-35(46-21-40)34(26-14-12-25(18-27(26)37)45-20-22(2)3)39(29-10-9-11-30(41)33(29)38-28)32(42)17-23-16-24(43-6)13-15-31(23)44-7/h9-16,18,21,34,38,41H,2,8,17,19-20H2,1,3-7H3. The van der Waals surface area contributed by atoms with Gasteiger partial charge in [0.05, 0.1) is 32.0 Å². The van der Waals surface area contributed by atoms with Crippen LogP contribution in [-0.2, 0) is 20.7 Å². The molecule has 2 N–H and O–H groups in total. The fourth-order valence-corrected chi connectivity index (χ4v) is 5.27. The van der Waals surface area contributed by atoms with Crippen molar-refractivity contribution in [1.29, 1.82) is 0 Å². The molecule has 3 aromatic carbocycles. The fraction of sp³-hybridized carbons (Fsp3) is 0.333. The third-order valence-corrected chi connectivity index (χ3v) is 8.00. The first-order chi connectivity index (χ1) is 21.9. The molecule has 3 aromatic rings.